The molecule has 1 aliphatic rings. The van der Waals surface area contributed by atoms with Gasteiger partial charge in [-0.2, -0.15) is 0 Å². The Labute approximate surface area is 202 Å². The van der Waals surface area contributed by atoms with Gasteiger partial charge in [0.2, 0.25) is 5.82 Å². The first-order chi connectivity index (χ1) is 17.2. The molecular formula is C25H20F5N3O3. The molecule has 0 atom stereocenters. The van der Waals surface area contributed by atoms with Gasteiger partial charge in [-0.3, -0.25) is 9.59 Å². The van der Waals surface area contributed by atoms with Crippen molar-refractivity contribution in [1.82, 2.24) is 4.90 Å². The fourth-order valence-corrected chi connectivity index (χ4v) is 3.84. The number of nitrogens with zero attached hydrogens (tertiary/aromatic N) is 2. The summed E-state index contributed by atoms with van der Waals surface area (Å²) < 4.78 is 72.8. The first kappa shape index (κ1) is 25.0. The number of hydrogen-bond donors (Lipinski definition) is 1. The number of benzene rings is 3. The smallest absolute Gasteiger partial charge is 0.261 e. The Morgan fingerprint density at radius 3 is 1.81 bits per heavy atom. The van der Waals surface area contributed by atoms with Crippen molar-refractivity contribution in [2.45, 2.75) is 0 Å². The van der Waals surface area contributed by atoms with Crippen LogP contribution in [0.15, 0.2) is 48.5 Å². The summed E-state index contributed by atoms with van der Waals surface area (Å²) in [5.74, 6) is -12.0. The zero-order valence-corrected chi connectivity index (χ0v) is 19.0. The van der Waals surface area contributed by atoms with Gasteiger partial charge in [0.05, 0.1) is 7.11 Å². The third kappa shape index (κ3) is 4.81. The summed E-state index contributed by atoms with van der Waals surface area (Å²) in [5, 5.41) is 2.14. The molecule has 188 valence electrons. The number of amides is 2. The van der Waals surface area contributed by atoms with E-state index in [-0.39, 0.29) is 11.6 Å². The largest absolute Gasteiger partial charge is 0.497 e. The van der Waals surface area contributed by atoms with E-state index in [0.717, 1.165) is 5.69 Å². The van der Waals surface area contributed by atoms with Crippen LogP contribution in [0.1, 0.15) is 20.7 Å². The van der Waals surface area contributed by atoms with Crippen molar-refractivity contribution in [3.63, 3.8) is 0 Å². The van der Waals surface area contributed by atoms with Crippen molar-refractivity contribution in [2.24, 2.45) is 0 Å². The lowest BCUT2D eigenvalue weighted by molar-refractivity contribution is 0.0746. The molecule has 11 heteroatoms. The minimum absolute atomic E-state index is 0.0940. The number of halogens is 5. The van der Waals surface area contributed by atoms with Gasteiger partial charge in [-0.25, -0.2) is 22.0 Å². The summed E-state index contributed by atoms with van der Waals surface area (Å²) in [7, 11) is 1.55. The van der Waals surface area contributed by atoms with Crippen LogP contribution in [-0.4, -0.2) is 50.0 Å². The lowest BCUT2D eigenvalue weighted by Gasteiger charge is -2.36. The monoisotopic (exact) mass is 505 g/mol. The van der Waals surface area contributed by atoms with E-state index >= 15 is 0 Å². The van der Waals surface area contributed by atoms with Gasteiger partial charge in [-0.1, -0.05) is 0 Å². The molecule has 0 radical (unpaired) electrons. The van der Waals surface area contributed by atoms with Gasteiger partial charge in [0, 0.05) is 43.1 Å². The number of carbonyl (C=O) groups excluding carboxylic acids is 2. The molecule has 2 amide bonds. The molecule has 0 saturated carbocycles. The van der Waals surface area contributed by atoms with Gasteiger partial charge < -0.3 is 19.9 Å². The highest BCUT2D eigenvalue weighted by molar-refractivity contribution is 6.04. The van der Waals surface area contributed by atoms with E-state index in [2.05, 4.69) is 5.32 Å². The number of anilines is 2. The van der Waals surface area contributed by atoms with Crippen LogP contribution < -0.4 is 15.0 Å². The van der Waals surface area contributed by atoms with Crippen LogP contribution in [-0.2, 0) is 0 Å². The van der Waals surface area contributed by atoms with E-state index in [9.17, 15) is 31.5 Å². The molecule has 1 N–H and O–H groups in total. The van der Waals surface area contributed by atoms with Gasteiger partial charge >= 0.3 is 0 Å². The summed E-state index contributed by atoms with van der Waals surface area (Å²) in [6, 6.07) is 13.0. The molecule has 1 saturated heterocycles. The number of methoxy groups -OCH3 is 1. The number of hydrogen-bond acceptors (Lipinski definition) is 4. The number of ether oxygens (including phenoxy) is 1. The molecule has 3 aromatic carbocycles. The Hall–Kier alpha value is -4.15. The maximum Gasteiger partial charge on any atom is 0.261 e. The van der Waals surface area contributed by atoms with Crippen molar-refractivity contribution >= 4 is 23.2 Å². The molecule has 3 aromatic rings. The minimum Gasteiger partial charge on any atom is -0.497 e. The molecule has 36 heavy (non-hydrogen) atoms. The lowest BCUT2D eigenvalue weighted by atomic mass is 10.1. The second kappa shape index (κ2) is 10.2. The highest BCUT2D eigenvalue weighted by Crippen LogP contribution is 2.25. The van der Waals surface area contributed by atoms with E-state index in [0.29, 0.717) is 37.5 Å². The molecule has 0 aromatic heterocycles. The standard InChI is InChI=1S/C25H20F5N3O3/c1-36-17-8-2-14(3-9-17)25(35)33-12-10-32(11-13-33)16-6-4-15(5-7-16)31-24(34)18-19(26)21(28)23(30)22(29)20(18)27/h2-9H,10-13H2,1H3,(H,31,34). The zero-order valence-electron chi connectivity index (χ0n) is 19.0. The van der Waals surface area contributed by atoms with E-state index in [1.165, 1.54) is 12.1 Å². The molecular weight excluding hydrogens is 485 g/mol. The Bertz CT molecular complexity index is 1260. The Morgan fingerprint density at radius 2 is 1.28 bits per heavy atom. The normalized spacial score (nSPS) is 13.5. The third-order valence-corrected chi connectivity index (χ3v) is 5.83. The summed E-state index contributed by atoms with van der Waals surface area (Å²) >= 11 is 0. The van der Waals surface area contributed by atoms with E-state index in [4.69, 9.17) is 4.74 Å². The second-order valence-electron chi connectivity index (χ2n) is 7.95. The molecule has 1 aliphatic heterocycles. The number of rotatable bonds is 5. The predicted molar refractivity (Wildman–Crippen MR) is 122 cm³/mol. The molecule has 0 aliphatic carbocycles. The maximum absolute atomic E-state index is 13.9. The van der Waals surface area contributed by atoms with Crippen LogP contribution in [0.3, 0.4) is 0 Å². The van der Waals surface area contributed by atoms with Crippen molar-refractivity contribution in [2.75, 3.05) is 43.5 Å². The van der Waals surface area contributed by atoms with Gasteiger partial charge in [-0.05, 0) is 48.5 Å². The van der Waals surface area contributed by atoms with Gasteiger partial charge in [0.25, 0.3) is 11.8 Å². The SMILES string of the molecule is COc1ccc(C(=O)N2CCN(c3ccc(NC(=O)c4c(F)c(F)c(F)c(F)c4F)cc3)CC2)cc1. The van der Waals surface area contributed by atoms with E-state index in [1.54, 1.807) is 48.4 Å². The number of nitrogens with one attached hydrogen (secondary N) is 1. The molecule has 1 fully saturated rings. The minimum atomic E-state index is -2.34. The zero-order chi connectivity index (χ0) is 26.0. The average molecular weight is 505 g/mol. The van der Waals surface area contributed by atoms with E-state index < -0.39 is 40.6 Å². The Kier molecular flexibility index (Phi) is 7.09. The number of carbonyl (C=O) groups is 2. The van der Waals surface area contributed by atoms with Crippen LogP contribution in [0.5, 0.6) is 5.75 Å². The van der Waals surface area contributed by atoms with Crippen molar-refractivity contribution in [1.29, 1.82) is 0 Å². The Morgan fingerprint density at radius 1 is 0.750 bits per heavy atom. The molecule has 0 spiro atoms. The summed E-state index contributed by atoms with van der Waals surface area (Å²) in [5.41, 5.74) is -0.145. The quantitative estimate of drug-likeness (QED) is 0.313. The van der Waals surface area contributed by atoms with E-state index in [1.807, 2.05) is 4.90 Å². The van der Waals surface area contributed by atoms with Crippen molar-refractivity contribution in [3.05, 3.63) is 88.7 Å². The molecule has 0 bridgehead atoms. The van der Waals surface area contributed by atoms with Gasteiger partial charge in [0.1, 0.15) is 11.3 Å². The predicted octanol–water partition coefficient (Wildman–Crippen LogP) is 4.61. The highest BCUT2D eigenvalue weighted by atomic mass is 19.2. The van der Waals surface area contributed by atoms with Crippen LogP contribution in [0.25, 0.3) is 0 Å². The third-order valence-electron chi connectivity index (χ3n) is 5.83. The fourth-order valence-electron chi connectivity index (χ4n) is 3.84. The summed E-state index contributed by atoms with van der Waals surface area (Å²) in [4.78, 5) is 28.7. The topological polar surface area (TPSA) is 61.9 Å². The summed E-state index contributed by atoms with van der Waals surface area (Å²) in [6.07, 6.45) is 0. The van der Waals surface area contributed by atoms with Crippen LogP contribution in [0, 0.1) is 29.1 Å². The summed E-state index contributed by atoms with van der Waals surface area (Å²) in [6.45, 7) is 2.03. The second-order valence-corrected chi connectivity index (χ2v) is 7.95. The van der Waals surface area contributed by atoms with Crippen LogP contribution in [0.4, 0.5) is 33.3 Å². The van der Waals surface area contributed by atoms with Crippen molar-refractivity contribution in [3.8, 4) is 5.75 Å². The van der Waals surface area contributed by atoms with Crippen LogP contribution in [0.2, 0.25) is 0 Å². The van der Waals surface area contributed by atoms with Crippen molar-refractivity contribution < 1.29 is 36.3 Å². The van der Waals surface area contributed by atoms with Gasteiger partial charge in [-0.15, -0.1) is 0 Å². The maximum atomic E-state index is 13.9. The molecule has 6 nitrogen and oxygen atoms in total. The lowest BCUT2D eigenvalue weighted by Crippen LogP contribution is -2.48. The van der Waals surface area contributed by atoms with Gasteiger partial charge in [0.15, 0.2) is 23.3 Å². The van der Waals surface area contributed by atoms with Crippen LogP contribution >= 0.6 is 0 Å². The highest BCUT2D eigenvalue weighted by Gasteiger charge is 2.30. The first-order valence-corrected chi connectivity index (χ1v) is 10.8. The molecule has 0 unspecified atom stereocenters. The molecule has 4 rings (SSSR count). The Balaban J connectivity index is 1.38. The number of piperazine rings is 1. The molecule has 1 heterocycles. The first-order valence-electron chi connectivity index (χ1n) is 10.8. The fraction of sp³-hybridized carbons (Fsp3) is 0.200. The average Bonchev–Trinajstić information content (AvgIpc) is 2.91.